The average molecular weight is 539 g/mol. The number of benzene rings is 1. The predicted molar refractivity (Wildman–Crippen MR) is 141 cm³/mol. The highest BCUT2D eigenvalue weighted by molar-refractivity contribution is 5.94. The molecule has 0 saturated heterocycles. The zero-order valence-corrected chi connectivity index (χ0v) is 21.8. The molecule has 3 rings (SSSR count). The van der Waals surface area contributed by atoms with E-state index in [-0.39, 0.29) is 25.2 Å². The van der Waals surface area contributed by atoms with Crippen LogP contribution in [0.4, 0.5) is 0 Å². The topological polar surface area (TPSA) is 208 Å². The minimum absolute atomic E-state index is 0.0132. The number of aromatic amines is 2. The van der Waals surface area contributed by atoms with Crippen LogP contribution in [0, 0.1) is 5.92 Å². The highest BCUT2D eigenvalue weighted by atomic mass is 16.4. The van der Waals surface area contributed by atoms with Gasteiger partial charge in [0, 0.05) is 43.0 Å². The molecule has 4 unspecified atom stereocenters. The van der Waals surface area contributed by atoms with E-state index in [1.165, 1.54) is 18.9 Å². The molecule has 4 atom stereocenters. The second-order valence-electron chi connectivity index (χ2n) is 9.55. The summed E-state index contributed by atoms with van der Waals surface area (Å²) in [5.41, 5.74) is 8.06. The Morgan fingerprint density at radius 2 is 1.41 bits per heavy atom. The van der Waals surface area contributed by atoms with Gasteiger partial charge >= 0.3 is 5.97 Å². The third-order valence-corrected chi connectivity index (χ3v) is 6.09. The van der Waals surface area contributed by atoms with Crippen LogP contribution in [-0.4, -0.2) is 72.9 Å². The third kappa shape index (κ3) is 8.78. The van der Waals surface area contributed by atoms with Gasteiger partial charge in [0.2, 0.25) is 17.7 Å². The molecular weight excluding hydrogens is 504 g/mol. The summed E-state index contributed by atoms with van der Waals surface area (Å²) >= 11 is 0. The van der Waals surface area contributed by atoms with E-state index in [9.17, 15) is 24.3 Å². The molecule has 3 aromatic rings. The van der Waals surface area contributed by atoms with E-state index in [2.05, 4.69) is 35.9 Å². The number of nitrogens with zero attached hydrogens (tertiary/aromatic N) is 2. The Balaban J connectivity index is 1.72. The lowest BCUT2D eigenvalue weighted by molar-refractivity contribution is -0.142. The Kier molecular flexibility index (Phi) is 10.3. The van der Waals surface area contributed by atoms with Crippen molar-refractivity contribution in [2.45, 2.75) is 57.3 Å². The number of carbonyl (C=O) groups is 4. The number of rotatable bonds is 14. The molecule has 1 aromatic carbocycles. The fourth-order valence-electron chi connectivity index (χ4n) is 3.93. The maximum atomic E-state index is 13.4. The van der Waals surface area contributed by atoms with E-state index >= 15 is 0 Å². The van der Waals surface area contributed by atoms with Crippen molar-refractivity contribution in [2.24, 2.45) is 11.7 Å². The van der Waals surface area contributed by atoms with Crippen LogP contribution in [0.3, 0.4) is 0 Å². The molecule has 0 spiro atoms. The smallest absolute Gasteiger partial charge is 0.326 e. The van der Waals surface area contributed by atoms with Gasteiger partial charge in [-0.1, -0.05) is 44.2 Å². The number of nitrogens with two attached hydrogens (primary N) is 1. The number of imidazole rings is 2. The number of carboxylic acid groups (broad SMARTS) is 1. The highest BCUT2D eigenvalue weighted by Crippen LogP contribution is 2.09. The fraction of sp³-hybridized carbons (Fsp3) is 0.385. The summed E-state index contributed by atoms with van der Waals surface area (Å²) in [6.07, 6.45) is 6.25. The summed E-state index contributed by atoms with van der Waals surface area (Å²) in [7, 11) is 0. The third-order valence-electron chi connectivity index (χ3n) is 6.09. The van der Waals surface area contributed by atoms with Gasteiger partial charge in [-0.15, -0.1) is 0 Å². The molecule has 13 heteroatoms. The summed E-state index contributed by atoms with van der Waals surface area (Å²) in [5, 5.41) is 17.5. The van der Waals surface area contributed by atoms with Crippen LogP contribution >= 0.6 is 0 Å². The van der Waals surface area contributed by atoms with E-state index < -0.39 is 47.9 Å². The number of carbonyl (C=O) groups excluding carboxylic acids is 3. The van der Waals surface area contributed by atoms with Crippen molar-refractivity contribution in [1.29, 1.82) is 0 Å². The van der Waals surface area contributed by atoms with Gasteiger partial charge in [-0.25, -0.2) is 14.8 Å². The number of aliphatic carboxylic acids is 1. The standard InChI is InChI=1S/C26H34N8O5/c1-15(2)22(25(37)33-21(26(38)39)10-18-12-29-14-31-18)34-24(36)20(8-16-6-4-3-5-7-16)32-23(35)19(27)9-17-11-28-13-30-17/h3-7,11-15,19-22H,8-10,27H2,1-2H3,(H,28,30)(H,29,31)(H,32,35)(H,33,37)(H,34,36)(H,38,39). The molecule has 2 heterocycles. The number of amides is 3. The van der Waals surface area contributed by atoms with E-state index in [0.717, 1.165) is 5.56 Å². The molecule has 0 fully saturated rings. The van der Waals surface area contributed by atoms with E-state index in [4.69, 9.17) is 5.73 Å². The normalized spacial score (nSPS) is 14.2. The van der Waals surface area contributed by atoms with Crippen LogP contribution in [0.15, 0.2) is 55.4 Å². The van der Waals surface area contributed by atoms with Gasteiger partial charge in [0.05, 0.1) is 18.7 Å². The van der Waals surface area contributed by atoms with Gasteiger partial charge in [0.15, 0.2) is 0 Å². The fourth-order valence-corrected chi connectivity index (χ4v) is 3.93. The molecule has 39 heavy (non-hydrogen) atoms. The Bertz CT molecular complexity index is 1210. The molecule has 2 aromatic heterocycles. The summed E-state index contributed by atoms with van der Waals surface area (Å²) in [6.45, 7) is 3.45. The predicted octanol–water partition coefficient (Wildman–Crippen LogP) is -0.317. The van der Waals surface area contributed by atoms with Crippen LogP contribution in [0.5, 0.6) is 0 Å². The van der Waals surface area contributed by atoms with E-state index in [1.54, 1.807) is 20.0 Å². The second kappa shape index (κ2) is 13.9. The minimum Gasteiger partial charge on any atom is -0.480 e. The van der Waals surface area contributed by atoms with Crippen molar-refractivity contribution >= 4 is 23.7 Å². The first-order valence-electron chi connectivity index (χ1n) is 12.5. The number of hydrogen-bond acceptors (Lipinski definition) is 7. The van der Waals surface area contributed by atoms with Gasteiger partial charge in [-0.2, -0.15) is 0 Å². The minimum atomic E-state index is -1.24. The van der Waals surface area contributed by atoms with Crippen molar-refractivity contribution < 1.29 is 24.3 Å². The van der Waals surface area contributed by atoms with Crippen molar-refractivity contribution in [3.63, 3.8) is 0 Å². The number of hydrogen-bond donors (Lipinski definition) is 7. The van der Waals surface area contributed by atoms with Crippen molar-refractivity contribution in [3.05, 3.63) is 72.3 Å². The second-order valence-corrected chi connectivity index (χ2v) is 9.55. The van der Waals surface area contributed by atoms with Crippen molar-refractivity contribution in [3.8, 4) is 0 Å². The first-order chi connectivity index (χ1) is 18.6. The maximum Gasteiger partial charge on any atom is 0.326 e. The molecule has 3 amide bonds. The largest absolute Gasteiger partial charge is 0.480 e. The first kappa shape index (κ1) is 29.0. The zero-order valence-electron chi connectivity index (χ0n) is 21.8. The average Bonchev–Trinajstić information content (AvgIpc) is 3.61. The highest BCUT2D eigenvalue weighted by Gasteiger charge is 2.32. The molecule has 208 valence electrons. The van der Waals surface area contributed by atoms with Crippen molar-refractivity contribution in [2.75, 3.05) is 0 Å². The molecular formula is C26H34N8O5. The summed E-state index contributed by atoms with van der Waals surface area (Å²) in [4.78, 5) is 64.7. The zero-order chi connectivity index (χ0) is 28.4. The molecule has 8 N–H and O–H groups in total. The Morgan fingerprint density at radius 3 is 1.95 bits per heavy atom. The Morgan fingerprint density at radius 1 is 0.821 bits per heavy atom. The quantitative estimate of drug-likeness (QED) is 0.144. The number of nitrogens with one attached hydrogen (secondary N) is 5. The summed E-state index contributed by atoms with van der Waals surface area (Å²) in [5.74, 6) is -3.42. The molecule has 13 nitrogen and oxygen atoms in total. The molecule has 0 saturated carbocycles. The molecule has 0 aliphatic carbocycles. The van der Waals surface area contributed by atoms with E-state index in [1.807, 2.05) is 30.3 Å². The SMILES string of the molecule is CC(C)C(NC(=O)C(Cc1ccccc1)NC(=O)C(N)Cc1cnc[nH]1)C(=O)NC(Cc1cnc[nH]1)C(=O)O. The van der Waals surface area contributed by atoms with Crippen LogP contribution in [0.2, 0.25) is 0 Å². The maximum absolute atomic E-state index is 13.4. The summed E-state index contributed by atoms with van der Waals surface area (Å²) in [6, 6.07) is 4.80. The Hall–Kier alpha value is -4.52. The lowest BCUT2D eigenvalue weighted by Gasteiger charge is -2.27. The summed E-state index contributed by atoms with van der Waals surface area (Å²) < 4.78 is 0. The van der Waals surface area contributed by atoms with E-state index in [0.29, 0.717) is 11.4 Å². The van der Waals surface area contributed by atoms with Crippen molar-refractivity contribution in [1.82, 2.24) is 35.9 Å². The van der Waals surface area contributed by atoms with Crippen LogP contribution in [-0.2, 0) is 38.4 Å². The lowest BCUT2D eigenvalue weighted by atomic mass is 10.00. The van der Waals surface area contributed by atoms with Gasteiger partial charge < -0.3 is 36.8 Å². The van der Waals surface area contributed by atoms with Gasteiger partial charge in [0.1, 0.15) is 18.1 Å². The molecule has 0 radical (unpaired) electrons. The monoisotopic (exact) mass is 538 g/mol. The number of carboxylic acids is 1. The molecule has 0 bridgehead atoms. The number of aromatic nitrogens is 4. The van der Waals surface area contributed by atoms with Crippen LogP contribution in [0.25, 0.3) is 0 Å². The first-order valence-corrected chi connectivity index (χ1v) is 12.5. The number of H-pyrrole nitrogens is 2. The molecule has 0 aliphatic heterocycles. The lowest BCUT2D eigenvalue weighted by Crippen LogP contribution is -2.59. The van der Waals surface area contributed by atoms with Crippen LogP contribution in [0.1, 0.15) is 30.8 Å². The molecule has 0 aliphatic rings. The van der Waals surface area contributed by atoms with Crippen LogP contribution < -0.4 is 21.7 Å². The van der Waals surface area contributed by atoms with Gasteiger partial charge in [-0.05, 0) is 11.5 Å². The Labute approximate surface area is 225 Å². The van der Waals surface area contributed by atoms with Gasteiger partial charge in [0.25, 0.3) is 0 Å². The van der Waals surface area contributed by atoms with Gasteiger partial charge in [-0.3, -0.25) is 14.4 Å².